The first-order valence-electron chi connectivity index (χ1n) is 11.4. The van der Waals surface area contributed by atoms with Crippen LogP contribution in [-0.2, 0) is 51.0 Å². The van der Waals surface area contributed by atoms with Gasteiger partial charge in [-0.25, -0.2) is 29.6 Å². The largest absolute Gasteiger partial charge is 0.595 e. The molecule has 2 unspecified atom stereocenters. The van der Waals surface area contributed by atoms with E-state index in [0.29, 0.717) is 0 Å². The van der Waals surface area contributed by atoms with Crippen LogP contribution in [0.4, 0.5) is 11.4 Å². The summed E-state index contributed by atoms with van der Waals surface area (Å²) in [6, 6.07) is 1.70. The van der Waals surface area contributed by atoms with Gasteiger partial charge in [0.15, 0.2) is 11.4 Å². The molecule has 16 heteroatoms. The van der Waals surface area contributed by atoms with Gasteiger partial charge >= 0.3 is 23.9 Å². The van der Waals surface area contributed by atoms with Crippen molar-refractivity contribution in [2.45, 2.75) is 50.3 Å². The molecule has 0 fully saturated rings. The van der Waals surface area contributed by atoms with Crippen molar-refractivity contribution in [3.05, 3.63) is 33.7 Å². The predicted molar refractivity (Wildman–Crippen MR) is 129 cm³/mol. The Balaban J connectivity index is 3.85. The van der Waals surface area contributed by atoms with Crippen LogP contribution in [0.2, 0.25) is 0 Å². The molecule has 38 heavy (non-hydrogen) atoms. The van der Waals surface area contributed by atoms with E-state index in [2.05, 4.69) is 0 Å². The van der Waals surface area contributed by atoms with Gasteiger partial charge in [-0.1, -0.05) is 23.2 Å². The smallest absolute Gasteiger partial charge is 0.339 e. The number of hydrogen-bond donors (Lipinski definition) is 4. The van der Waals surface area contributed by atoms with Crippen molar-refractivity contribution >= 4 is 58.5 Å². The Kier molecular flexibility index (Phi) is 12.8. The van der Waals surface area contributed by atoms with E-state index in [1.807, 2.05) is 0 Å². The molecule has 0 bridgehead atoms. The average molecular weight is 585 g/mol. The lowest BCUT2D eigenvalue weighted by atomic mass is 9.91. The molecule has 0 radical (unpaired) electrons. The number of quaternary nitrogens is 2. The van der Waals surface area contributed by atoms with Crippen LogP contribution in [0, 0.1) is 10.4 Å². The maximum absolute atomic E-state index is 12.6. The number of alkyl halides is 2. The summed E-state index contributed by atoms with van der Waals surface area (Å²) in [4.78, 5) is 45.5. The van der Waals surface area contributed by atoms with Crippen molar-refractivity contribution in [1.29, 1.82) is 0 Å². The molecule has 1 aromatic rings. The number of benzene rings is 1. The lowest BCUT2D eigenvalue weighted by Crippen LogP contribution is -3.01. The Morgan fingerprint density at radius 2 is 0.947 bits per heavy atom. The Hall–Kier alpha value is -2.56. The van der Waals surface area contributed by atoms with Crippen LogP contribution in [0.15, 0.2) is 12.1 Å². The minimum absolute atomic E-state index is 0.171. The highest BCUT2D eigenvalue weighted by molar-refractivity contribution is 6.45. The molecule has 1 aromatic carbocycles. The van der Waals surface area contributed by atoms with Crippen LogP contribution in [0.25, 0.3) is 0 Å². The van der Waals surface area contributed by atoms with Crippen LogP contribution < -0.4 is 10.5 Å². The molecular formula is C22H30Cl2N2O12. The van der Waals surface area contributed by atoms with Crippen molar-refractivity contribution < 1.29 is 59.0 Å². The molecule has 2 atom stereocenters. The zero-order valence-corrected chi connectivity index (χ0v) is 22.6. The molecule has 14 nitrogen and oxygen atoms in total. The fraction of sp³-hybridized carbons (Fsp3) is 0.545. The number of carbonyl (C=O) groups is 4. The van der Waals surface area contributed by atoms with Gasteiger partial charge in [0, 0.05) is 24.0 Å². The molecule has 0 aliphatic carbocycles. The van der Waals surface area contributed by atoms with E-state index in [1.165, 1.54) is 27.7 Å². The molecule has 0 aliphatic rings. The molecule has 0 aliphatic heterocycles. The quantitative estimate of drug-likeness (QED) is 0.0737. The number of nitrogens with one attached hydrogen (secondary N) is 2. The SMILES string of the molecule is CCOC(=O)C(Cl)(Cc1cc(CC(Cl)(C(=O)OCC)C(=O)OCC)c([NH+]([O-])O)cc1[NH+]([O-])O)C(=O)OCC. The molecule has 0 spiro atoms. The maximum atomic E-state index is 12.6. The van der Waals surface area contributed by atoms with E-state index < -0.39 is 68.3 Å². The van der Waals surface area contributed by atoms with E-state index >= 15 is 0 Å². The van der Waals surface area contributed by atoms with Gasteiger partial charge < -0.3 is 29.4 Å². The Morgan fingerprint density at radius 3 is 1.16 bits per heavy atom. The van der Waals surface area contributed by atoms with Crippen LogP contribution in [0.5, 0.6) is 0 Å². The monoisotopic (exact) mass is 584 g/mol. The van der Waals surface area contributed by atoms with Gasteiger partial charge in [0.25, 0.3) is 0 Å². The van der Waals surface area contributed by atoms with Crippen molar-refractivity contribution in [3.8, 4) is 0 Å². The topological polar surface area (TPSA) is 201 Å². The first-order chi connectivity index (χ1) is 17.7. The first-order valence-corrected chi connectivity index (χ1v) is 12.2. The van der Waals surface area contributed by atoms with E-state index in [4.69, 9.17) is 42.1 Å². The van der Waals surface area contributed by atoms with Crippen LogP contribution in [-0.4, -0.2) is 70.5 Å². The Labute approximate surface area is 227 Å². The zero-order valence-electron chi connectivity index (χ0n) is 21.1. The highest BCUT2D eigenvalue weighted by Crippen LogP contribution is 2.34. The summed E-state index contributed by atoms with van der Waals surface area (Å²) in [5.74, 6) is -4.93. The summed E-state index contributed by atoms with van der Waals surface area (Å²) >= 11 is 12.7. The van der Waals surface area contributed by atoms with E-state index in [9.17, 15) is 40.0 Å². The van der Waals surface area contributed by atoms with Gasteiger partial charge in [0.05, 0.1) is 32.5 Å². The fourth-order valence-electron chi connectivity index (χ4n) is 3.35. The zero-order chi connectivity index (χ0) is 29.3. The van der Waals surface area contributed by atoms with Crippen LogP contribution in [0.1, 0.15) is 38.8 Å². The summed E-state index contributed by atoms with van der Waals surface area (Å²) < 4.78 is 19.5. The third kappa shape index (κ3) is 7.74. The molecule has 0 aromatic heterocycles. The fourth-order valence-corrected chi connectivity index (χ4v) is 3.85. The second-order valence-electron chi connectivity index (χ2n) is 7.61. The molecule has 0 saturated heterocycles. The minimum atomic E-state index is -2.54. The third-order valence-electron chi connectivity index (χ3n) is 5.05. The second-order valence-corrected chi connectivity index (χ2v) is 8.91. The molecule has 214 valence electrons. The molecule has 0 heterocycles. The van der Waals surface area contributed by atoms with Gasteiger partial charge in [0.2, 0.25) is 9.75 Å². The van der Waals surface area contributed by atoms with Gasteiger partial charge in [-0.2, -0.15) is 10.5 Å². The van der Waals surface area contributed by atoms with E-state index in [-0.39, 0.29) is 37.6 Å². The number of halogens is 2. The van der Waals surface area contributed by atoms with E-state index in [1.54, 1.807) is 0 Å². The van der Waals surface area contributed by atoms with Gasteiger partial charge in [-0.3, -0.25) is 0 Å². The predicted octanol–water partition coefficient (Wildman–Crippen LogP) is -0.214. The Bertz CT molecular complexity index is 907. The second kappa shape index (κ2) is 14.6. The summed E-state index contributed by atoms with van der Waals surface area (Å²) in [6.07, 6.45) is -1.62. The Morgan fingerprint density at radius 1 is 0.684 bits per heavy atom. The van der Waals surface area contributed by atoms with E-state index in [0.717, 1.165) is 12.1 Å². The highest BCUT2D eigenvalue weighted by atomic mass is 35.5. The molecular weight excluding hydrogens is 555 g/mol. The summed E-state index contributed by atoms with van der Waals surface area (Å²) in [5, 5.41) is 40.3. The highest BCUT2D eigenvalue weighted by Gasteiger charge is 2.50. The molecule has 1 rings (SSSR count). The average Bonchev–Trinajstić information content (AvgIpc) is 2.84. The lowest BCUT2D eigenvalue weighted by molar-refractivity contribution is -0.996. The standard InChI is InChI=1S/C22H30Cl2N2O12/c1-5-35-17(27)21(23,18(28)36-6-2)11-13-9-14(16(26(33)34)10-15(13)25(31)32)12-22(24,19(29)37-7-3)20(30)38-8-4/h9-10,25-26,31,33H,5-8,11-12H2,1-4H3. The van der Waals surface area contributed by atoms with Crippen molar-refractivity contribution in [2.24, 2.45) is 0 Å². The number of hydrogen-bond acceptors (Lipinski definition) is 12. The minimum Gasteiger partial charge on any atom is -0.595 e. The number of carbonyl (C=O) groups excluding carboxylic acids is 4. The number of rotatable bonds is 14. The van der Waals surface area contributed by atoms with Crippen molar-refractivity contribution in [2.75, 3.05) is 26.4 Å². The van der Waals surface area contributed by atoms with Gasteiger partial charge in [-0.05, 0) is 33.8 Å². The summed E-state index contributed by atoms with van der Waals surface area (Å²) in [5.41, 5.74) is -1.87. The van der Waals surface area contributed by atoms with Gasteiger partial charge in [0.1, 0.15) is 0 Å². The summed E-state index contributed by atoms with van der Waals surface area (Å²) in [7, 11) is 0. The maximum Gasteiger partial charge on any atom is 0.339 e. The number of esters is 4. The normalized spacial score (nSPS) is 13.3. The first kappa shape index (κ1) is 33.5. The van der Waals surface area contributed by atoms with Crippen molar-refractivity contribution in [3.63, 3.8) is 0 Å². The van der Waals surface area contributed by atoms with Gasteiger partial charge in [-0.15, -0.1) is 0 Å². The van der Waals surface area contributed by atoms with Crippen molar-refractivity contribution in [1.82, 2.24) is 0 Å². The molecule has 4 N–H and O–H groups in total. The summed E-state index contributed by atoms with van der Waals surface area (Å²) in [6.45, 7) is 5.12. The third-order valence-corrected chi connectivity index (χ3v) is 5.94. The van der Waals surface area contributed by atoms with Crippen LogP contribution >= 0.6 is 23.2 Å². The van der Waals surface area contributed by atoms with Crippen LogP contribution in [0.3, 0.4) is 0 Å². The molecule has 0 amide bonds. The molecule has 0 saturated carbocycles. The lowest BCUT2D eigenvalue weighted by Gasteiger charge is -2.28. The number of ether oxygens (including phenoxy) is 4.